The molecule has 0 rings (SSSR count). The monoisotopic (exact) mass is 611 g/mol. The number of hydrogen-bond acceptors (Lipinski definition) is 0. The van der Waals surface area contributed by atoms with Gasteiger partial charge in [-0.2, -0.15) is 0 Å². The quantitative estimate of drug-likeness (QED) is 0.355. The number of halogens is 6. The van der Waals surface area contributed by atoms with Gasteiger partial charge in [0.1, 0.15) is 0 Å². The van der Waals surface area contributed by atoms with E-state index >= 15 is 0 Å². The summed E-state index contributed by atoms with van der Waals surface area (Å²) in [7, 11) is -2.08. The van der Waals surface area contributed by atoms with E-state index < -0.39 is 20.6 Å². The third-order valence-corrected chi connectivity index (χ3v) is 0. The number of hydrogen-bond donors (Lipinski definition) is 0. The van der Waals surface area contributed by atoms with Crippen molar-refractivity contribution in [3.63, 3.8) is 0 Å². The summed E-state index contributed by atoms with van der Waals surface area (Å²) in [6.45, 7) is 0. The Kier molecular flexibility index (Phi) is 20.4. The van der Waals surface area contributed by atoms with Crippen LogP contribution in [0.4, 0.5) is 0 Å². The van der Waals surface area contributed by atoms with Crippen molar-refractivity contribution in [1.82, 2.24) is 0 Å². The van der Waals surface area contributed by atoms with Gasteiger partial charge in [-0.15, -0.1) is 0 Å². The standard InChI is InChI=1S/6BrH.2Ga/h6*1H;;/q;;;;;;2*+3/p-6. The zero-order valence-electron chi connectivity index (χ0n) is 3.42. The Hall–Kier alpha value is 4.15. The molecule has 48 valence electrons. The van der Waals surface area contributed by atoms with E-state index in [2.05, 4.69) is 81.4 Å². The van der Waals surface area contributed by atoms with Crippen LogP contribution in [-0.4, -0.2) is 20.6 Å². The van der Waals surface area contributed by atoms with E-state index in [0.29, 0.717) is 0 Å². The van der Waals surface area contributed by atoms with Crippen molar-refractivity contribution >= 4 is 102 Å². The molecule has 0 N–H and O–H groups in total. The number of rotatable bonds is 0. The first kappa shape index (κ1) is 14.7. The van der Waals surface area contributed by atoms with Gasteiger partial charge in [0.15, 0.2) is 0 Å². The van der Waals surface area contributed by atoms with Gasteiger partial charge in [0, 0.05) is 0 Å². The van der Waals surface area contributed by atoms with Crippen LogP contribution in [0.2, 0.25) is 0 Å². The van der Waals surface area contributed by atoms with E-state index in [1.807, 2.05) is 0 Å². The Morgan fingerprint density at radius 1 is 0.500 bits per heavy atom. The summed E-state index contributed by atoms with van der Waals surface area (Å²) in [5, 5.41) is 0. The Morgan fingerprint density at radius 2 is 0.500 bits per heavy atom. The molecule has 8 heteroatoms. The van der Waals surface area contributed by atoms with Gasteiger partial charge in [-0.25, -0.2) is 0 Å². The van der Waals surface area contributed by atoms with Crippen molar-refractivity contribution in [1.29, 1.82) is 0 Å². The second-order valence-electron chi connectivity index (χ2n) is 0.495. The van der Waals surface area contributed by atoms with Crippen LogP contribution < -0.4 is 0 Å². The molecule has 0 aliphatic heterocycles. The van der Waals surface area contributed by atoms with Crippen molar-refractivity contribution < 1.29 is 0 Å². The summed E-state index contributed by atoms with van der Waals surface area (Å²) in [5.74, 6) is 0. The topological polar surface area (TPSA) is 0 Å². The molecule has 0 aliphatic carbocycles. The van der Waals surface area contributed by atoms with Gasteiger partial charge in [0.2, 0.25) is 0 Å². The van der Waals surface area contributed by atoms with Gasteiger partial charge < -0.3 is 0 Å². The van der Waals surface area contributed by atoms with Crippen LogP contribution in [0.15, 0.2) is 0 Å². The summed E-state index contributed by atoms with van der Waals surface area (Å²) in [6.07, 6.45) is 0. The minimum atomic E-state index is -1.04. The second-order valence-corrected chi connectivity index (χ2v) is 69.4. The third-order valence-electron chi connectivity index (χ3n) is 0. The molecular formula is Br6Ga2. The molecule has 0 unspecified atom stereocenters. The van der Waals surface area contributed by atoms with Gasteiger partial charge in [-0.05, 0) is 0 Å². The molecule has 0 spiro atoms. The molecule has 0 atom stereocenters. The van der Waals surface area contributed by atoms with Crippen molar-refractivity contribution in [2.24, 2.45) is 0 Å². The predicted molar refractivity (Wildman–Crippen MR) is 65.1 cm³/mol. The van der Waals surface area contributed by atoms with E-state index in [-0.39, 0.29) is 0 Å². The van der Waals surface area contributed by atoms with Crippen molar-refractivity contribution in [2.75, 3.05) is 0 Å². The first-order valence-electron chi connectivity index (χ1n) is 1.31. The average Bonchev–Trinajstić information content (AvgIpc) is 1.25. The van der Waals surface area contributed by atoms with Crippen LogP contribution >= 0.6 is 81.4 Å². The van der Waals surface area contributed by atoms with Gasteiger partial charge in [0.25, 0.3) is 0 Å². The summed E-state index contributed by atoms with van der Waals surface area (Å²) in [6, 6.07) is 0. The Labute approximate surface area is 99.3 Å². The summed E-state index contributed by atoms with van der Waals surface area (Å²) >= 11 is 19.8. The van der Waals surface area contributed by atoms with Crippen LogP contribution in [0.1, 0.15) is 0 Å². The molecule has 0 saturated carbocycles. The van der Waals surface area contributed by atoms with Crippen molar-refractivity contribution in [3.05, 3.63) is 0 Å². The van der Waals surface area contributed by atoms with E-state index in [1.165, 1.54) is 0 Å². The molecular weight excluding hydrogens is 619 g/mol. The van der Waals surface area contributed by atoms with Crippen LogP contribution in [0.3, 0.4) is 0 Å². The molecule has 0 aliphatic rings. The van der Waals surface area contributed by atoms with E-state index in [0.717, 1.165) is 0 Å². The normalized spacial score (nSPS) is 6.75. The first-order chi connectivity index (χ1) is 3.46. The molecule has 0 radical (unpaired) electrons. The molecule has 0 amide bonds. The van der Waals surface area contributed by atoms with E-state index in [4.69, 9.17) is 0 Å². The molecule has 0 aromatic heterocycles. The summed E-state index contributed by atoms with van der Waals surface area (Å²) in [4.78, 5) is 0. The van der Waals surface area contributed by atoms with E-state index in [9.17, 15) is 0 Å². The Morgan fingerprint density at radius 3 is 0.500 bits per heavy atom. The molecule has 0 saturated heterocycles. The van der Waals surface area contributed by atoms with Crippen LogP contribution in [-0.2, 0) is 0 Å². The SMILES string of the molecule is [Br][Ga]([Br])[Br].[Br][Ga]([Br])[Br]. The zero-order chi connectivity index (χ0) is 7.15. The molecule has 0 aromatic rings. The molecule has 0 nitrogen and oxygen atoms in total. The molecule has 0 heterocycles. The van der Waals surface area contributed by atoms with Gasteiger partial charge in [-0.1, -0.05) is 0 Å². The summed E-state index contributed by atoms with van der Waals surface area (Å²) in [5.41, 5.74) is 0. The Balaban J connectivity index is 0. The molecule has 8 heavy (non-hydrogen) atoms. The van der Waals surface area contributed by atoms with Crippen LogP contribution in [0, 0.1) is 0 Å². The maximum absolute atomic E-state index is 3.29. The molecule has 0 bridgehead atoms. The van der Waals surface area contributed by atoms with Crippen LogP contribution in [0.25, 0.3) is 0 Å². The third kappa shape index (κ3) is 49.3. The predicted octanol–water partition coefficient (Wildman–Crippen LogP) is 4.31. The Bertz CT molecular complexity index is 22.0. The fourth-order valence-corrected chi connectivity index (χ4v) is 0. The van der Waals surface area contributed by atoms with Gasteiger partial charge in [0.05, 0.1) is 0 Å². The average molecular weight is 619 g/mol. The first-order valence-corrected chi connectivity index (χ1v) is 35.4. The van der Waals surface area contributed by atoms with Gasteiger partial charge in [-0.3, -0.25) is 0 Å². The molecule has 0 aromatic carbocycles. The fraction of sp³-hybridized carbons (Fsp3) is 0. The minimum absolute atomic E-state index is 1.04. The van der Waals surface area contributed by atoms with Crippen LogP contribution in [0.5, 0.6) is 0 Å². The van der Waals surface area contributed by atoms with Crippen molar-refractivity contribution in [3.8, 4) is 0 Å². The van der Waals surface area contributed by atoms with Crippen molar-refractivity contribution in [2.45, 2.75) is 0 Å². The molecule has 0 fully saturated rings. The second kappa shape index (κ2) is 11.2. The summed E-state index contributed by atoms with van der Waals surface area (Å²) < 4.78 is 0. The fourth-order valence-electron chi connectivity index (χ4n) is 0. The zero-order valence-corrected chi connectivity index (χ0v) is 17.8. The van der Waals surface area contributed by atoms with E-state index in [1.54, 1.807) is 0 Å². The maximum atomic E-state index is 3.29. The van der Waals surface area contributed by atoms with Gasteiger partial charge >= 0.3 is 102 Å².